The number of hydrogen-bond acceptors (Lipinski definition) is 4. The molecule has 1 fully saturated rings. The molecular formula is C15H21N5. The molecule has 0 spiro atoms. The van der Waals surface area contributed by atoms with Crippen LogP contribution < -0.4 is 5.73 Å². The van der Waals surface area contributed by atoms with Gasteiger partial charge in [-0.05, 0) is 47.7 Å². The molecule has 1 heterocycles. The normalized spacial score (nSPS) is 22.9. The van der Waals surface area contributed by atoms with Crippen molar-refractivity contribution in [1.82, 2.24) is 20.2 Å². The molecule has 1 aromatic carbocycles. The standard InChI is InChI=1S/C15H21N5/c1-10-6-3-4-9-14(10)20-15(17-18-19-20)12-7-5-8-13(16)11(12)2/h5,7-8,10,14H,3-4,6,9,16H2,1-2H3. The van der Waals surface area contributed by atoms with Gasteiger partial charge < -0.3 is 5.73 Å². The first kappa shape index (κ1) is 13.1. The van der Waals surface area contributed by atoms with Gasteiger partial charge in [-0.25, -0.2) is 4.68 Å². The summed E-state index contributed by atoms with van der Waals surface area (Å²) in [6.07, 6.45) is 4.97. The lowest BCUT2D eigenvalue weighted by molar-refractivity contribution is 0.239. The predicted molar refractivity (Wildman–Crippen MR) is 79.1 cm³/mol. The highest BCUT2D eigenvalue weighted by Gasteiger charge is 2.27. The van der Waals surface area contributed by atoms with Crippen molar-refractivity contribution in [3.8, 4) is 11.4 Å². The minimum Gasteiger partial charge on any atom is -0.398 e. The van der Waals surface area contributed by atoms with Gasteiger partial charge in [0.1, 0.15) is 0 Å². The highest BCUT2D eigenvalue weighted by atomic mass is 15.5. The predicted octanol–water partition coefficient (Wildman–Crippen LogP) is 2.98. The molecule has 20 heavy (non-hydrogen) atoms. The molecule has 5 heteroatoms. The maximum absolute atomic E-state index is 6.00. The molecule has 106 valence electrons. The van der Waals surface area contributed by atoms with Crippen molar-refractivity contribution in [2.24, 2.45) is 5.92 Å². The van der Waals surface area contributed by atoms with Crippen LogP contribution in [0.15, 0.2) is 18.2 Å². The zero-order chi connectivity index (χ0) is 14.1. The van der Waals surface area contributed by atoms with E-state index in [9.17, 15) is 0 Å². The Morgan fingerprint density at radius 3 is 2.85 bits per heavy atom. The number of anilines is 1. The van der Waals surface area contributed by atoms with Gasteiger partial charge in [-0.1, -0.05) is 31.9 Å². The third-order valence-corrected chi connectivity index (χ3v) is 4.49. The molecule has 2 unspecified atom stereocenters. The second-order valence-electron chi connectivity index (χ2n) is 5.80. The number of aromatic nitrogens is 4. The van der Waals surface area contributed by atoms with Crippen molar-refractivity contribution in [1.29, 1.82) is 0 Å². The minimum absolute atomic E-state index is 0.398. The van der Waals surface area contributed by atoms with Gasteiger partial charge in [0.15, 0.2) is 5.82 Å². The molecular weight excluding hydrogens is 250 g/mol. The highest BCUT2D eigenvalue weighted by molar-refractivity contribution is 5.67. The lowest BCUT2D eigenvalue weighted by Crippen LogP contribution is -2.23. The molecule has 0 amide bonds. The molecule has 0 radical (unpaired) electrons. The summed E-state index contributed by atoms with van der Waals surface area (Å²) in [5, 5.41) is 12.4. The number of nitrogens with zero attached hydrogens (tertiary/aromatic N) is 4. The van der Waals surface area contributed by atoms with Crippen molar-refractivity contribution in [2.45, 2.75) is 45.6 Å². The second kappa shape index (κ2) is 5.23. The molecule has 5 nitrogen and oxygen atoms in total. The van der Waals surface area contributed by atoms with Crippen molar-refractivity contribution in [2.75, 3.05) is 5.73 Å². The van der Waals surface area contributed by atoms with E-state index in [1.54, 1.807) is 0 Å². The number of tetrazole rings is 1. The van der Waals surface area contributed by atoms with Crippen LogP contribution in [-0.2, 0) is 0 Å². The van der Waals surface area contributed by atoms with Gasteiger partial charge in [0.2, 0.25) is 0 Å². The molecule has 1 saturated carbocycles. The first-order valence-corrected chi connectivity index (χ1v) is 7.32. The summed E-state index contributed by atoms with van der Waals surface area (Å²) in [5.41, 5.74) is 8.87. The van der Waals surface area contributed by atoms with Gasteiger partial charge in [-0.3, -0.25) is 0 Å². The van der Waals surface area contributed by atoms with Crippen LogP contribution in [0.4, 0.5) is 5.69 Å². The Balaban J connectivity index is 2.03. The van der Waals surface area contributed by atoms with Crippen molar-refractivity contribution < 1.29 is 0 Å². The molecule has 2 atom stereocenters. The summed E-state index contributed by atoms with van der Waals surface area (Å²) in [4.78, 5) is 0. The topological polar surface area (TPSA) is 69.6 Å². The summed E-state index contributed by atoms with van der Waals surface area (Å²) in [5.74, 6) is 1.46. The third kappa shape index (κ3) is 2.17. The fourth-order valence-electron chi connectivity index (χ4n) is 3.15. The Morgan fingerprint density at radius 2 is 2.05 bits per heavy atom. The molecule has 0 bridgehead atoms. The van der Waals surface area contributed by atoms with Crippen LogP contribution in [0.25, 0.3) is 11.4 Å². The quantitative estimate of drug-likeness (QED) is 0.852. The van der Waals surface area contributed by atoms with Crippen LogP contribution in [0.3, 0.4) is 0 Å². The summed E-state index contributed by atoms with van der Waals surface area (Å²) in [7, 11) is 0. The smallest absolute Gasteiger partial charge is 0.182 e. The van der Waals surface area contributed by atoms with Crippen molar-refractivity contribution >= 4 is 5.69 Å². The van der Waals surface area contributed by atoms with Crippen molar-refractivity contribution in [3.05, 3.63) is 23.8 Å². The maximum Gasteiger partial charge on any atom is 0.182 e. The van der Waals surface area contributed by atoms with E-state index < -0.39 is 0 Å². The van der Waals surface area contributed by atoms with Crippen LogP contribution in [0.2, 0.25) is 0 Å². The minimum atomic E-state index is 0.398. The zero-order valence-electron chi connectivity index (χ0n) is 12.1. The Labute approximate surface area is 119 Å². The van der Waals surface area contributed by atoms with Crippen LogP contribution in [0.5, 0.6) is 0 Å². The third-order valence-electron chi connectivity index (χ3n) is 4.49. The number of benzene rings is 1. The number of nitrogens with two attached hydrogens (primary N) is 1. The summed E-state index contributed by atoms with van der Waals surface area (Å²) in [6, 6.07) is 6.31. The van der Waals surface area contributed by atoms with E-state index in [4.69, 9.17) is 5.73 Å². The molecule has 1 aliphatic rings. The van der Waals surface area contributed by atoms with E-state index in [2.05, 4.69) is 22.4 Å². The second-order valence-corrected chi connectivity index (χ2v) is 5.80. The molecule has 1 aliphatic carbocycles. The lowest BCUT2D eigenvalue weighted by Gasteiger charge is -2.29. The molecule has 3 rings (SSSR count). The molecule has 0 aliphatic heterocycles. The van der Waals surface area contributed by atoms with Crippen LogP contribution >= 0.6 is 0 Å². The van der Waals surface area contributed by atoms with E-state index in [-0.39, 0.29) is 0 Å². The van der Waals surface area contributed by atoms with Crippen molar-refractivity contribution in [3.63, 3.8) is 0 Å². The lowest BCUT2D eigenvalue weighted by atomic mass is 9.86. The Morgan fingerprint density at radius 1 is 1.25 bits per heavy atom. The molecule has 1 aromatic heterocycles. The van der Waals surface area contributed by atoms with Crippen LogP contribution in [0, 0.1) is 12.8 Å². The molecule has 2 aromatic rings. The van der Waals surface area contributed by atoms with E-state index in [0.717, 1.165) is 29.1 Å². The SMILES string of the molecule is Cc1c(N)cccc1-c1nnnn1C1CCCCC1C. The Hall–Kier alpha value is -1.91. The van der Waals surface area contributed by atoms with Gasteiger partial charge in [-0.15, -0.1) is 5.10 Å². The Bertz CT molecular complexity index is 604. The van der Waals surface area contributed by atoms with E-state index in [0.29, 0.717) is 12.0 Å². The number of nitrogen functional groups attached to an aromatic ring is 1. The van der Waals surface area contributed by atoms with E-state index >= 15 is 0 Å². The van der Waals surface area contributed by atoms with Crippen LogP contribution in [0.1, 0.15) is 44.2 Å². The molecule has 0 saturated heterocycles. The van der Waals surface area contributed by atoms with Gasteiger partial charge in [0.05, 0.1) is 6.04 Å². The monoisotopic (exact) mass is 271 g/mol. The largest absolute Gasteiger partial charge is 0.398 e. The fraction of sp³-hybridized carbons (Fsp3) is 0.533. The highest BCUT2D eigenvalue weighted by Crippen LogP contribution is 2.36. The van der Waals surface area contributed by atoms with Crippen LogP contribution in [-0.4, -0.2) is 20.2 Å². The zero-order valence-corrected chi connectivity index (χ0v) is 12.1. The average molecular weight is 271 g/mol. The fourth-order valence-corrected chi connectivity index (χ4v) is 3.15. The van der Waals surface area contributed by atoms with E-state index in [1.807, 2.05) is 29.8 Å². The summed E-state index contributed by atoms with van der Waals surface area (Å²) < 4.78 is 2.01. The van der Waals surface area contributed by atoms with Gasteiger partial charge in [-0.2, -0.15) is 0 Å². The number of rotatable bonds is 2. The Kier molecular flexibility index (Phi) is 3.42. The summed E-state index contributed by atoms with van der Waals surface area (Å²) >= 11 is 0. The first-order valence-electron chi connectivity index (χ1n) is 7.32. The maximum atomic E-state index is 6.00. The van der Waals surface area contributed by atoms with E-state index in [1.165, 1.54) is 19.3 Å². The van der Waals surface area contributed by atoms with Gasteiger partial charge in [0, 0.05) is 11.3 Å². The average Bonchev–Trinajstić information content (AvgIpc) is 2.91. The van der Waals surface area contributed by atoms with Gasteiger partial charge in [0.25, 0.3) is 0 Å². The first-order chi connectivity index (χ1) is 9.68. The summed E-state index contributed by atoms with van der Waals surface area (Å²) in [6.45, 7) is 4.31. The van der Waals surface area contributed by atoms with Gasteiger partial charge >= 0.3 is 0 Å². The number of hydrogen-bond donors (Lipinski definition) is 1. The molecule has 2 N–H and O–H groups in total.